The van der Waals surface area contributed by atoms with E-state index in [1.807, 2.05) is 0 Å². The van der Waals surface area contributed by atoms with Crippen LogP contribution in [0.5, 0.6) is 0 Å². The van der Waals surface area contributed by atoms with Gasteiger partial charge in [0.1, 0.15) is 5.76 Å². The molecule has 2 heterocycles. The normalized spacial score (nSPS) is 11.3. The van der Waals surface area contributed by atoms with Gasteiger partial charge in [-0.25, -0.2) is 5.10 Å². The number of furan rings is 1. The van der Waals surface area contributed by atoms with Crippen LogP contribution < -0.4 is 0 Å². The predicted octanol–water partition coefficient (Wildman–Crippen LogP) is 4.39. The van der Waals surface area contributed by atoms with Gasteiger partial charge in [0.2, 0.25) is 4.77 Å². The molecule has 1 aromatic carbocycles. The Kier molecular flexibility index (Phi) is 3.92. The monoisotopic (exact) mass is 338 g/mol. The van der Waals surface area contributed by atoms with Gasteiger partial charge >= 0.3 is 0 Å². The van der Waals surface area contributed by atoms with Gasteiger partial charge in [-0.1, -0.05) is 23.2 Å². The number of rotatable bonds is 3. The zero-order valence-electron chi connectivity index (χ0n) is 10.5. The van der Waals surface area contributed by atoms with Crippen molar-refractivity contribution in [1.82, 2.24) is 14.9 Å². The molecule has 0 radical (unpaired) electrons. The minimum atomic E-state index is 0.346. The second-order valence-corrected chi connectivity index (χ2v) is 5.28. The van der Waals surface area contributed by atoms with Crippen molar-refractivity contribution < 1.29 is 4.42 Å². The molecule has 8 heteroatoms. The fourth-order valence-electron chi connectivity index (χ4n) is 1.72. The third kappa shape index (κ3) is 2.92. The van der Waals surface area contributed by atoms with Crippen LogP contribution >= 0.6 is 35.4 Å². The minimum Gasteiger partial charge on any atom is -0.463 e. The van der Waals surface area contributed by atoms with Crippen molar-refractivity contribution in [3.8, 4) is 11.4 Å². The van der Waals surface area contributed by atoms with Gasteiger partial charge in [-0.3, -0.25) is 0 Å². The molecule has 0 spiro atoms. The highest BCUT2D eigenvalue weighted by molar-refractivity contribution is 7.71. The predicted molar refractivity (Wildman–Crippen MR) is 84.6 cm³/mol. The molecule has 106 valence electrons. The largest absolute Gasteiger partial charge is 0.463 e. The van der Waals surface area contributed by atoms with Crippen molar-refractivity contribution in [2.24, 2.45) is 5.10 Å². The van der Waals surface area contributed by atoms with Gasteiger partial charge in [-0.05, 0) is 42.5 Å². The first-order chi connectivity index (χ1) is 10.1. The summed E-state index contributed by atoms with van der Waals surface area (Å²) < 4.78 is 7.00. The van der Waals surface area contributed by atoms with Crippen LogP contribution in [0, 0.1) is 4.77 Å². The van der Waals surface area contributed by atoms with Crippen LogP contribution in [-0.4, -0.2) is 21.1 Å². The van der Waals surface area contributed by atoms with E-state index in [9.17, 15) is 0 Å². The molecule has 3 rings (SSSR count). The van der Waals surface area contributed by atoms with Crippen molar-refractivity contribution in [2.75, 3.05) is 0 Å². The highest BCUT2D eigenvalue weighted by Gasteiger charge is 2.12. The molecule has 2 aromatic heterocycles. The Balaban J connectivity index is 2.06. The summed E-state index contributed by atoms with van der Waals surface area (Å²) in [6.07, 6.45) is 3.10. The highest BCUT2D eigenvalue weighted by atomic mass is 35.5. The van der Waals surface area contributed by atoms with E-state index in [1.54, 1.807) is 42.8 Å². The molecule has 0 unspecified atom stereocenters. The molecule has 1 N–H and O–H groups in total. The van der Waals surface area contributed by atoms with E-state index < -0.39 is 0 Å². The van der Waals surface area contributed by atoms with Crippen LogP contribution in [-0.2, 0) is 0 Å². The van der Waals surface area contributed by atoms with Gasteiger partial charge in [0.05, 0.1) is 17.5 Å². The average molecular weight is 339 g/mol. The van der Waals surface area contributed by atoms with E-state index >= 15 is 0 Å². The number of hydrogen-bond acceptors (Lipinski definition) is 4. The summed E-state index contributed by atoms with van der Waals surface area (Å²) in [7, 11) is 0. The van der Waals surface area contributed by atoms with Gasteiger partial charge in [-0.15, -0.1) is 0 Å². The second kappa shape index (κ2) is 5.85. The first-order valence-electron chi connectivity index (χ1n) is 5.86. The Morgan fingerprint density at radius 1 is 1.33 bits per heavy atom. The molecule has 0 saturated heterocycles. The van der Waals surface area contributed by atoms with Crippen LogP contribution in [0.15, 0.2) is 46.1 Å². The van der Waals surface area contributed by atoms with Gasteiger partial charge < -0.3 is 4.42 Å². The van der Waals surface area contributed by atoms with Crippen molar-refractivity contribution in [1.29, 1.82) is 0 Å². The van der Waals surface area contributed by atoms with Crippen molar-refractivity contribution >= 4 is 41.6 Å². The maximum absolute atomic E-state index is 6.19. The zero-order valence-corrected chi connectivity index (χ0v) is 12.8. The zero-order chi connectivity index (χ0) is 14.8. The lowest BCUT2D eigenvalue weighted by molar-refractivity contribution is 0.559. The Morgan fingerprint density at radius 2 is 2.19 bits per heavy atom. The highest BCUT2D eigenvalue weighted by Crippen LogP contribution is 2.29. The maximum atomic E-state index is 6.19. The van der Waals surface area contributed by atoms with E-state index in [-0.39, 0.29) is 0 Å². The van der Waals surface area contributed by atoms with Gasteiger partial charge in [0.25, 0.3) is 0 Å². The summed E-state index contributed by atoms with van der Waals surface area (Å²) in [5, 5.41) is 12.1. The van der Waals surface area contributed by atoms with Crippen LogP contribution in [0.25, 0.3) is 11.4 Å². The molecule has 5 nitrogen and oxygen atoms in total. The number of nitrogens with one attached hydrogen (secondary N) is 1. The SMILES string of the molecule is S=c1[nH]nc(-c2ccc(Cl)cc2Cl)n1/N=C\c1ccco1. The third-order valence-corrected chi connectivity index (χ3v) is 3.48. The summed E-state index contributed by atoms with van der Waals surface area (Å²) in [5.74, 6) is 1.09. The Morgan fingerprint density at radius 3 is 2.90 bits per heavy atom. The lowest BCUT2D eigenvalue weighted by atomic mass is 10.2. The number of halogens is 2. The lowest BCUT2D eigenvalue weighted by Gasteiger charge is -2.03. The summed E-state index contributed by atoms with van der Waals surface area (Å²) in [5.41, 5.74) is 0.671. The first kappa shape index (κ1) is 14.1. The fraction of sp³-hybridized carbons (Fsp3) is 0. The van der Waals surface area contributed by atoms with E-state index in [1.165, 1.54) is 4.68 Å². The van der Waals surface area contributed by atoms with E-state index in [4.69, 9.17) is 39.8 Å². The molecule has 21 heavy (non-hydrogen) atoms. The molecule has 0 aliphatic carbocycles. The summed E-state index contributed by atoms with van der Waals surface area (Å²) >= 11 is 17.3. The number of aromatic nitrogens is 3. The minimum absolute atomic E-state index is 0.346. The van der Waals surface area contributed by atoms with Gasteiger partial charge in [-0.2, -0.15) is 14.9 Å². The molecule has 0 amide bonds. The second-order valence-electron chi connectivity index (χ2n) is 4.05. The lowest BCUT2D eigenvalue weighted by Crippen LogP contribution is -1.95. The van der Waals surface area contributed by atoms with Crippen LogP contribution in [0.2, 0.25) is 10.0 Å². The third-order valence-electron chi connectivity index (χ3n) is 2.67. The number of benzene rings is 1. The van der Waals surface area contributed by atoms with E-state index in [0.29, 0.717) is 32.0 Å². The van der Waals surface area contributed by atoms with Crippen molar-refractivity contribution in [3.63, 3.8) is 0 Å². The van der Waals surface area contributed by atoms with Gasteiger partial charge in [0.15, 0.2) is 5.82 Å². The topological polar surface area (TPSA) is 59.1 Å². The summed E-state index contributed by atoms with van der Waals surface area (Å²) in [6, 6.07) is 8.67. The summed E-state index contributed by atoms with van der Waals surface area (Å²) in [4.78, 5) is 0. The van der Waals surface area contributed by atoms with Crippen LogP contribution in [0.3, 0.4) is 0 Å². The number of H-pyrrole nitrogens is 1. The van der Waals surface area contributed by atoms with Crippen LogP contribution in [0.4, 0.5) is 0 Å². The van der Waals surface area contributed by atoms with Crippen molar-refractivity contribution in [2.45, 2.75) is 0 Å². The number of hydrogen-bond donors (Lipinski definition) is 1. The Hall–Kier alpha value is -1.89. The van der Waals surface area contributed by atoms with E-state index in [2.05, 4.69) is 15.3 Å². The average Bonchev–Trinajstić information content (AvgIpc) is 3.07. The Labute approximate surface area is 134 Å². The maximum Gasteiger partial charge on any atom is 0.216 e. The standard InChI is InChI=1S/C13H8Cl2N4OS/c14-8-3-4-10(11(15)6-8)12-17-18-13(21)19(12)16-7-9-2-1-5-20-9/h1-7H,(H,18,21)/b16-7-. The Bertz CT molecular complexity index is 851. The molecule has 0 aliphatic rings. The molecule has 0 fully saturated rings. The summed E-state index contributed by atoms with van der Waals surface area (Å²) in [6.45, 7) is 0. The fourth-order valence-corrected chi connectivity index (χ4v) is 2.40. The first-order valence-corrected chi connectivity index (χ1v) is 7.02. The molecule has 0 bridgehead atoms. The molecular formula is C13H8Cl2N4OS. The molecule has 0 atom stereocenters. The van der Waals surface area contributed by atoms with E-state index in [0.717, 1.165) is 0 Å². The quantitative estimate of drug-likeness (QED) is 0.569. The molecule has 0 saturated carbocycles. The molecule has 0 aliphatic heterocycles. The molecule has 3 aromatic rings. The molecular weight excluding hydrogens is 331 g/mol. The van der Waals surface area contributed by atoms with Crippen LogP contribution in [0.1, 0.15) is 5.76 Å². The smallest absolute Gasteiger partial charge is 0.216 e. The number of aromatic amines is 1. The number of nitrogens with zero attached hydrogens (tertiary/aromatic N) is 3. The van der Waals surface area contributed by atoms with Gasteiger partial charge in [0, 0.05) is 10.6 Å². The van der Waals surface area contributed by atoms with Crippen molar-refractivity contribution in [3.05, 3.63) is 57.2 Å².